The molecule has 0 radical (unpaired) electrons. The molecule has 15 aromatic carbocycles. The first kappa shape index (κ1) is 98.8. The Morgan fingerprint density at radius 1 is 0.178 bits per heavy atom. The highest BCUT2D eigenvalue weighted by molar-refractivity contribution is 6.22. The Hall–Kier alpha value is -18.3. The van der Waals surface area contributed by atoms with Gasteiger partial charge in [0.25, 0.3) is 0 Å². The van der Waals surface area contributed by atoms with Gasteiger partial charge in [-0.15, -0.1) is 0 Å². The molecule has 26 nitrogen and oxygen atoms in total. The molecule has 0 aliphatic rings. The molecule has 678 valence electrons. The Morgan fingerprint density at radius 2 is 0.452 bits per heavy atom. The fourth-order valence-corrected chi connectivity index (χ4v) is 13.7. The van der Waals surface area contributed by atoms with Gasteiger partial charge in [-0.2, -0.15) is 0 Å². The molecule has 0 heterocycles. The molecule has 0 saturated heterocycles. The van der Waals surface area contributed by atoms with Gasteiger partial charge >= 0.3 is 0 Å². The number of phenols is 1. The summed E-state index contributed by atoms with van der Waals surface area (Å²) < 4.78 is 0. The van der Waals surface area contributed by atoms with E-state index in [1.54, 1.807) is 143 Å². The third-order valence-corrected chi connectivity index (χ3v) is 21.1. The van der Waals surface area contributed by atoms with Gasteiger partial charge in [0.15, 0.2) is 75.0 Å². The van der Waals surface area contributed by atoms with Gasteiger partial charge in [0.2, 0.25) is 67.1 Å². The Balaban J connectivity index is 0.000000168. The Bertz CT molecular complexity index is 7490. The van der Waals surface area contributed by atoms with Crippen LogP contribution in [0.3, 0.4) is 0 Å². The van der Waals surface area contributed by atoms with Crippen molar-refractivity contribution in [2.45, 2.75) is 55.4 Å². The molecule has 0 aliphatic carbocycles. The summed E-state index contributed by atoms with van der Waals surface area (Å²) in [6.07, 6.45) is 0. The van der Waals surface area contributed by atoms with E-state index in [0.717, 1.165) is 99.8 Å². The van der Waals surface area contributed by atoms with Crippen molar-refractivity contribution >= 4 is 51.3 Å². The van der Waals surface area contributed by atoms with Crippen LogP contribution in [0.5, 0.6) is 74.7 Å². The van der Waals surface area contributed by atoms with Crippen molar-refractivity contribution in [1.82, 2.24) is 0 Å². The van der Waals surface area contributed by atoms with E-state index in [1.807, 2.05) is 105 Å². The van der Waals surface area contributed by atoms with E-state index in [-0.39, 0.29) is 79.0 Å². The molecule has 13 N–H and O–H groups in total. The molecule has 0 spiro atoms. The van der Waals surface area contributed by atoms with Crippen molar-refractivity contribution in [3.8, 4) is 85.9 Å². The second-order valence-electron chi connectivity index (χ2n) is 30.8. The summed E-state index contributed by atoms with van der Waals surface area (Å²) >= 11 is 0. The van der Waals surface area contributed by atoms with Gasteiger partial charge in [0, 0.05) is 66.8 Å². The number of carbonyl (C=O) groups excluding carboxylic acids is 7. The Labute approximate surface area is 769 Å². The second kappa shape index (κ2) is 43.6. The maximum Gasteiger partial charge on any atom is 0.224 e. The number of fused-ring (bicyclic) bond motifs is 1. The minimum absolute atomic E-state index is 0.0291. The van der Waals surface area contributed by atoms with Gasteiger partial charge in [-0.3, -0.25) is 62.3 Å². The number of phenolic OH excluding ortho intramolecular Hbond substituents is 1. The molecular formula is C109H86O26. The summed E-state index contributed by atoms with van der Waals surface area (Å²) in [6.45, 7) is 13.2. The number of hydrogen-bond donors (Lipinski definition) is 13. The van der Waals surface area contributed by atoms with Crippen LogP contribution >= 0.6 is 0 Å². The number of rotatable bonds is 15. The topological polar surface area (TPSA) is 485 Å². The van der Waals surface area contributed by atoms with Gasteiger partial charge in [0.05, 0.1) is 11.1 Å². The normalized spacial score (nSPS) is 10.4. The molecule has 0 bridgehead atoms. The van der Waals surface area contributed by atoms with Crippen molar-refractivity contribution in [3.05, 3.63) is 481 Å². The summed E-state index contributed by atoms with van der Waals surface area (Å²) in [5.74, 6) is -12.0. The number of benzene rings is 9. The molecule has 0 aromatic heterocycles. The van der Waals surface area contributed by atoms with E-state index in [1.165, 1.54) is 38.1 Å². The van der Waals surface area contributed by atoms with Gasteiger partial charge < -0.3 is 66.4 Å². The zero-order valence-corrected chi connectivity index (χ0v) is 73.4. The Morgan fingerprint density at radius 3 is 0.830 bits per heavy atom. The lowest BCUT2D eigenvalue weighted by atomic mass is 9.92. The van der Waals surface area contributed by atoms with Gasteiger partial charge in [0.1, 0.15) is 5.75 Å². The highest BCUT2D eigenvalue weighted by Gasteiger charge is 2.29. The molecule has 0 fully saturated rings. The molecule has 0 saturated carbocycles. The van der Waals surface area contributed by atoms with Crippen LogP contribution in [0.2, 0.25) is 0 Å². The van der Waals surface area contributed by atoms with Crippen molar-refractivity contribution in [1.29, 1.82) is 0 Å². The highest BCUT2D eigenvalue weighted by Crippen LogP contribution is 2.35. The number of carbonyl (C=O) groups is 7. The summed E-state index contributed by atoms with van der Waals surface area (Å²) in [6, 6.07) is 78.1. The third-order valence-electron chi connectivity index (χ3n) is 21.1. The van der Waals surface area contributed by atoms with Crippen LogP contribution in [0.15, 0.2) is 326 Å². The SMILES string of the molecule is Cc1cc(=O)c(O)c(O)c(C(=O)c2ccccc2)c1C(=O)c1ccccc1.Cc1cc(=O)c(O)c(O)cc1C(=O)c1ccc2ccccc2c1.Cc1cc(=O)c(O)c(O)cc1C(=O)c1cccc(-c2ccccc2)c1.Cc1cc(=O)c(O)c(O)cc1C(=O)c1ccccc1O.Cc1ccc(C(=O)c2cc(O)c(O)c(=O)cc2C)cc1.Cc1ccc(C(=O)c2cc(O)c(O)c(=O)cc2C)cc1. The molecule has 135 heavy (non-hydrogen) atoms. The van der Waals surface area contributed by atoms with Crippen LogP contribution in [0, 0.1) is 55.4 Å². The monoisotopic (exact) mass is 1810 g/mol. The molecule has 0 aliphatic heterocycles. The van der Waals surface area contributed by atoms with Gasteiger partial charge in [-0.05, 0) is 202 Å². The summed E-state index contributed by atoms with van der Waals surface area (Å²) in [5, 5.41) is 128. The zero-order chi connectivity index (χ0) is 98.7. The first-order valence-electron chi connectivity index (χ1n) is 41.0. The van der Waals surface area contributed by atoms with Gasteiger partial charge in [-0.1, -0.05) is 217 Å². The first-order chi connectivity index (χ1) is 64.1. The predicted octanol–water partition coefficient (Wildman–Crippen LogP) is 16.4. The number of ketones is 7. The number of aryl methyl sites for hydroxylation is 8. The second-order valence-corrected chi connectivity index (χ2v) is 30.8. The van der Waals surface area contributed by atoms with E-state index in [0.29, 0.717) is 55.6 Å². The van der Waals surface area contributed by atoms with Crippen LogP contribution in [0.1, 0.15) is 156 Å². The first-order valence-corrected chi connectivity index (χ1v) is 41.0. The maximum absolute atomic E-state index is 13.1. The average molecular weight is 1810 g/mol. The maximum atomic E-state index is 13.1. The van der Waals surface area contributed by atoms with Crippen LogP contribution in [0.25, 0.3) is 21.9 Å². The number of aromatic hydroxyl groups is 13. The average Bonchev–Trinajstić information content (AvgIpc) is 1.68. The van der Waals surface area contributed by atoms with Crippen molar-refractivity contribution in [3.63, 3.8) is 0 Å². The van der Waals surface area contributed by atoms with Crippen LogP contribution in [-0.4, -0.2) is 107 Å². The predicted molar refractivity (Wildman–Crippen MR) is 508 cm³/mol. The lowest BCUT2D eigenvalue weighted by molar-refractivity contribution is 0.100. The standard InChI is InChI=1S/C22H16O5.C21H16O4.C19H14O4.2C16H14O4.C15H12O5/c1-13-12-16(23)21(26)22(27)18(20(25)15-10-6-3-7-11-15)17(13)19(24)14-8-4-2-5-9-14;1-13-10-18(22)21(25)19(23)12-17(13)20(24)16-9-5-8-15(11-16)14-6-3-2-4-7-14;1-11-8-16(20)19(23)17(21)10-15(11)18(22)14-7-6-12-4-2-3-5-13(12)9-14;2*1-9-3-5-11(6-4-9)15(19)12-8-14(18)16(20)13(17)7-10(12)2;1-8-6-12(17)15(20)13(18)7-10(8)14(19)9-4-2-3-5-11(9)16/h2-12H,1H3,(H2,23,26,27);2-12H,1H3,(H2,22,23,25);2-10H,1H3,(H2,20,21,23);2*3-8H,1-2H3,(H2,17,18,20);2-7,16H,1H3,(H2,17,18,20). The van der Waals surface area contributed by atoms with Crippen LogP contribution < -0.4 is 32.6 Å². The number of para-hydroxylation sites is 1. The summed E-state index contributed by atoms with van der Waals surface area (Å²) in [7, 11) is 0. The van der Waals surface area contributed by atoms with E-state index in [2.05, 4.69) is 0 Å². The summed E-state index contributed by atoms with van der Waals surface area (Å²) in [4.78, 5) is 159. The minimum Gasteiger partial charge on any atom is -0.507 e. The van der Waals surface area contributed by atoms with Crippen molar-refractivity contribution in [2.75, 3.05) is 0 Å². The molecule has 0 amide bonds. The zero-order valence-electron chi connectivity index (χ0n) is 73.4. The fraction of sp³-hybridized carbons (Fsp3) is 0.0734. The lowest BCUT2D eigenvalue weighted by Crippen LogP contribution is -2.12. The molecule has 26 heteroatoms. The smallest absolute Gasteiger partial charge is 0.224 e. The highest BCUT2D eigenvalue weighted by atomic mass is 16.3. The molecule has 15 rings (SSSR count). The molecule has 0 unspecified atom stereocenters. The van der Waals surface area contributed by atoms with Crippen LogP contribution in [0.4, 0.5) is 0 Å². The van der Waals surface area contributed by atoms with Gasteiger partial charge in [-0.25, -0.2) is 0 Å². The van der Waals surface area contributed by atoms with E-state index >= 15 is 0 Å². The third kappa shape index (κ3) is 23.8. The fourth-order valence-electron chi connectivity index (χ4n) is 13.7. The van der Waals surface area contributed by atoms with Crippen LogP contribution in [-0.2, 0) is 0 Å². The summed E-state index contributed by atoms with van der Waals surface area (Å²) in [5.41, 5.74) is 4.00. The number of hydrogen-bond acceptors (Lipinski definition) is 26. The molecule has 0 atom stereocenters. The van der Waals surface area contributed by atoms with E-state index in [4.69, 9.17) is 0 Å². The quantitative estimate of drug-likeness (QED) is 0.0424. The van der Waals surface area contributed by atoms with E-state index in [9.17, 15) is 129 Å². The lowest BCUT2D eigenvalue weighted by Gasteiger charge is -2.10. The van der Waals surface area contributed by atoms with Crippen molar-refractivity contribution < 1.29 is 99.9 Å². The molecular weight excluding hydrogens is 1730 g/mol. The molecule has 15 aromatic rings. The Kier molecular flexibility index (Phi) is 32.0. The largest absolute Gasteiger partial charge is 0.507 e. The van der Waals surface area contributed by atoms with Crippen molar-refractivity contribution in [2.24, 2.45) is 0 Å². The minimum atomic E-state index is -0.968. The van der Waals surface area contributed by atoms with E-state index < -0.39 is 124 Å².